The van der Waals surface area contributed by atoms with Crippen molar-refractivity contribution in [1.29, 1.82) is 0 Å². The van der Waals surface area contributed by atoms with Crippen LogP contribution in [0.4, 0.5) is 10.5 Å². The van der Waals surface area contributed by atoms with Crippen LogP contribution in [0.25, 0.3) is 0 Å². The number of anilines is 1. The normalized spacial score (nSPS) is 9.50. The summed E-state index contributed by atoms with van der Waals surface area (Å²) in [5.74, 6) is 1.68. The summed E-state index contributed by atoms with van der Waals surface area (Å²) in [6.45, 7) is 1.58. The molecule has 2 amide bonds. The lowest BCUT2D eigenvalue weighted by molar-refractivity contribution is 0.0663. The van der Waals surface area contributed by atoms with Gasteiger partial charge in [0.2, 0.25) is 0 Å². The van der Waals surface area contributed by atoms with Gasteiger partial charge in [0.25, 0.3) is 5.91 Å². The van der Waals surface area contributed by atoms with Crippen molar-refractivity contribution in [3.05, 3.63) is 28.3 Å². The minimum atomic E-state index is -0.814. The van der Waals surface area contributed by atoms with Crippen molar-refractivity contribution in [3.8, 4) is 12.3 Å². The number of benzene rings is 1. The molecule has 0 radical (unpaired) electrons. The highest BCUT2D eigenvalue weighted by Gasteiger charge is 2.21. The molecule has 1 aromatic rings. The molecule has 1 aromatic carbocycles. The average Bonchev–Trinajstić information content (AvgIpc) is 2.41. The van der Waals surface area contributed by atoms with Crippen molar-refractivity contribution in [2.24, 2.45) is 0 Å². The number of aryl methyl sites for hydroxylation is 1. The fraction of sp³-hybridized carbons (Fsp3) is 0.231. The molecule has 0 aliphatic rings. The molecule has 0 bridgehead atoms. The number of terminal acetylenes is 1. The molecule has 1 rings (SSSR count). The van der Waals surface area contributed by atoms with E-state index >= 15 is 0 Å². The minimum absolute atomic E-state index is 0.140. The molecule has 0 aromatic heterocycles. The zero-order valence-corrected chi connectivity index (χ0v) is 11.8. The molecule has 20 heavy (non-hydrogen) atoms. The quantitative estimate of drug-likeness (QED) is 0.493. The van der Waals surface area contributed by atoms with Gasteiger partial charge in [-0.2, -0.15) is 0 Å². The highest BCUT2D eigenvalue weighted by atomic mass is 35.5. The summed E-state index contributed by atoms with van der Waals surface area (Å²) in [7, 11) is 1.17. The van der Waals surface area contributed by atoms with Gasteiger partial charge >= 0.3 is 6.09 Å². The van der Waals surface area contributed by atoms with E-state index in [4.69, 9.17) is 23.8 Å². The van der Waals surface area contributed by atoms with E-state index in [1.54, 1.807) is 13.0 Å². The van der Waals surface area contributed by atoms with Crippen LogP contribution in [0.3, 0.4) is 0 Å². The Kier molecular flexibility index (Phi) is 5.23. The second-order valence-corrected chi connectivity index (χ2v) is 4.32. The first-order valence-electron chi connectivity index (χ1n) is 5.56. The van der Waals surface area contributed by atoms with Crippen LogP contribution in [0.5, 0.6) is 0 Å². The first kappa shape index (κ1) is 15.7. The summed E-state index contributed by atoms with van der Waals surface area (Å²) in [5.41, 5.74) is 9.14. The SMILES string of the molecule is C#CCN(NC(=O)OC)C(=O)c1cc(Cl)cc(C)c1N. The Morgan fingerprint density at radius 1 is 1.55 bits per heavy atom. The highest BCUT2D eigenvalue weighted by Crippen LogP contribution is 2.23. The summed E-state index contributed by atoms with van der Waals surface area (Å²) in [5, 5.41) is 1.28. The standard InChI is InChI=1S/C13H14ClN3O3/c1-4-5-17(16-13(19)20-3)12(18)10-7-9(14)6-8(2)11(10)15/h1,6-7H,5,15H2,2-3H3,(H,16,19). The van der Waals surface area contributed by atoms with Crippen molar-refractivity contribution >= 4 is 29.3 Å². The third-order valence-corrected chi connectivity index (χ3v) is 2.71. The Labute approximate surface area is 121 Å². The van der Waals surface area contributed by atoms with Crippen LogP contribution in [0.1, 0.15) is 15.9 Å². The maximum absolute atomic E-state index is 12.3. The third-order valence-electron chi connectivity index (χ3n) is 2.49. The number of hydrazine groups is 1. The molecule has 6 nitrogen and oxygen atoms in total. The van der Waals surface area contributed by atoms with Gasteiger partial charge in [-0.25, -0.2) is 15.2 Å². The van der Waals surface area contributed by atoms with E-state index in [-0.39, 0.29) is 17.8 Å². The number of methoxy groups -OCH3 is 1. The first-order valence-corrected chi connectivity index (χ1v) is 5.94. The zero-order valence-electron chi connectivity index (χ0n) is 11.1. The van der Waals surface area contributed by atoms with E-state index in [1.807, 2.05) is 0 Å². The summed E-state index contributed by atoms with van der Waals surface area (Å²) in [4.78, 5) is 23.5. The molecule has 0 aliphatic carbocycles. The second kappa shape index (κ2) is 6.68. The molecule has 3 N–H and O–H groups in total. The van der Waals surface area contributed by atoms with Gasteiger partial charge in [0, 0.05) is 10.7 Å². The topological polar surface area (TPSA) is 84.7 Å². The van der Waals surface area contributed by atoms with Gasteiger partial charge in [-0.3, -0.25) is 4.79 Å². The first-order chi connectivity index (χ1) is 9.40. The van der Waals surface area contributed by atoms with E-state index in [2.05, 4.69) is 16.1 Å². The van der Waals surface area contributed by atoms with E-state index in [0.29, 0.717) is 10.6 Å². The Bertz CT molecular complexity index is 581. The molecule has 0 saturated carbocycles. The number of amides is 2. The van der Waals surface area contributed by atoms with Crippen LogP contribution < -0.4 is 11.2 Å². The Hall–Kier alpha value is -2.39. The fourth-order valence-electron chi connectivity index (χ4n) is 1.49. The number of hydrogen-bond acceptors (Lipinski definition) is 4. The molecule has 0 aliphatic heterocycles. The van der Waals surface area contributed by atoms with Crippen LogP contribution >= 0.6 is 11.6 Å². The van der Waals surface area contributed by atoms with Crippen LogP contribution in [0, 0.1) is 19.3 Å². The van der Waals surface area contributed by atoms with E-state index in [1.165, 1.54) is 13.2 Å². The second-order valence-electron chi connectivity index (χ2n) is 3.88. The lowest BCUT2D eigenvalue weighted by atomic mass is 10.1. The Morgan fingerprint density at radius 3 is 2.75 bits per heavy atom. The van der Waals surface area contributed by atoms with Crippen molar-refractivity contribution in [2.45, 2.75) is 6.92 Å². The molecule has 0 unspecified atom stereocenters. The summed E-state index contributed by atoms with van der Waals surface area (Å²) in [6, 6.07) is 3.04. The number of hydrogen-bond donors (Lipinski definition) is 2. The third kappa shape index (κ3) is 3.56. The number of rotatable bonds is 2. The number of nitrogens with two attached hydrogens (primary N) is 1. The molecule has 7 heteroatoms. The van der Waals surface area contributed by atoms with Gasteiger partial charge in [-0.05, 0) is 24.6 Å². The minimum Gasteiger partial charge on any atom is -0.452 e. The molecular weight excluding hydrogens is 282 g/mol. The van der Waals surface area contributed by atoms with Gasteiger partial charge in [0.05, 0.1) is 12.7 Å². The van der Waals surface area contributed by atoms with E-state index < -0.39 is 12.0 Å². The van der Waals surface area contributed by atoms with Crippen LogP contribution in [0.15, 0.2) is 12.1 Å². The summed E-state index contributed by atoms with van der Waals surface area (Å²) in [6.07, 6.45) is 4.35. The number of carbonyl (C=O) groups excluding carboxylic acids is 2. The molecule has 0 saturated heterocycles. The van der Waals surface area contributed by atoms with Crippen molar-refractivity contribution < 1.29 is 14.3 Å². The number of nitrogens with one attached hydrogen (secondary N) is 1. The molecule has 0 spiro atoms. The number of ether oxygens (including phenoxy) is 1. The van der Waals surface area contributed by atoms with Crippen LogP contribution in [-0.2, 0) is 4.74 Å². The van der Waals surface area contributed by atoms with Gasteiger partial charge in [-0.15, -0.1) is 6.42 Å². The Morgan fingerprint density at radius 2 is 2.20 bits per heavy atom. The molecule has 0 heterocycles. The lowest BCUT2D eigenvalue weighted by Gasteiger charge is -2.21. The molecule has 0 fully saturated rings. The predicted octanol–water partition coefficient (Wildman–Crippen LogP) is 1.58. The largest absolute Gasteiger partial charge is 0.452 e. The summed E-state index contributed by atoms with van der Waals surface area (Å²) < 4.78 is 4.42. The monoisotopic (exact) mass is 295 g/mol. The predicted molar refractivity (Wildman–Crippen MR) is 76.0 cm³/mol. The van der Waals surface area contributed by atoms with Crippen molar-refractivity contribution in [3.63, 3.8) is 0 Å². The van der Waals surface area contributed by atoms with E-state index in [9.17, 15) is 9.59 Å². The number of carbonyl (C=O) groups is 2. The maximum Gasteiger partial charge on any atom is 0.425 e. The van der Waals surface area contributed by atoms with Crippen molar-refractivity contribution in [2.75, 3.05) is 19.4 Å². The number of halogens is 1. The maximum atomic E-state index is 12.3. The van der Waals surface area contributed by atoms with E-state index in [0.717, 1.165) is 5.01 Å². The molecule has 106 valence electrons. The van der Waals surface area contributed by atoms with Gasteiger partial charge < -0.3 is 10.5 Å². The Balaban J connectivity index is 3.13. The number of nitrogens with zero attached hydrogens (tertiary/aromatic N) is 1. The number of nitrogen functional groups attached to an aromatic ring is 1. The fourth-order valence-corrected chi connectivity index (χ4v) is 1.76. The zero-order chi connectivity index (χ0) is 15.3. The van der Waals surface area contributed by atoms with Crippen LogP contribution in [-0.4, -0.2) is 30.7 Å². The van der Waals surface area contributed by atoms with Gasteiger partial charge in [-0.1, -0.05) is 17.5 Å². The smallest absolute Gasteiger partial charge is 0.425 e. The van der Waals surface area contributed by atoms with Gasteiger partial charge in [0.15, 0.2) is 0 Å². The molecule has 0 atom stereocenters. The van der Waals surface area contributed by atoms with Crippen LogP contribution in [0.2, 0.25) is 5.02 Å². The van der Waals surface area contributed by atoms with Gasteiger partial charge in [0.1, 0.15) is 6.54 Å². The lowest BCUT2D eigenvalue weighted by Crippen LogP contribution is -2.46. The average molecular weight is 296 g/mol. The summed E-state index contributed by atoms with van der Waals surface area (Å²) >= 11 is 5.90. The van der Waals surface area contributed by atoms with Crippen molar-refractivity contribution in [1.82, 2.24) is 10.4 Å². The highest BCUT2D eigenvalue weighted by molar-refractivity contribution is 6.31. The molecular formula is C13H14ClN3O3.